The van der Waals surface area contributed by atoms with E-state index in [1.54, 1.807) is 0 Å². The fourth-order valence-corrected chi connectivity index (χ4v) is 2.51. The maximum Gasteiger partial charge on any atom is 0.0447 e. The first kappa shape index (κ1) is 18.3. The van der Waals surface area contributed by atoms with Gasteiger partial charge in [-0.15, -0.1) is 0 Å². The van der Waals surface area contributed by atoms with Crippen molar-refractivity contribution in [1.29, 1.82) is 0 Å². The van der Waals surface area contributed by atoms with E-state index in [0.29, 0.717) is 12.0 Å². The summed E-state index contributed by atoms with van der Waals surface area (Å²) in [5.74, 6) is 0.636. The van der Waals surface area contributed by atoms with Gasteiger partial charge in [0.2, 0.25) is 0 Å². The van der Waals surface area contributed by atoms with Gasteiger partial charge in [-0.1, -0.05) is 31.5 Å². The van der Waals surface area contributed by atoms with Crippen molar-refractivity contribution in [2.45, 2.75) is 46.7 Å². The van der Waals surface area contributed by atoms with Crippen LogP contribution in [0.5, 0.6) is 0 Å². The van der Waals surface area contributed by atoms with Crippen molar-refractivity contribution in [1.82, 2.24) is 5.32 Å². The van der Waals surface area contributed by atoms with Gasteiger partial charge in [-0.25, -0.2) is 0 Å². The van der Waals surface area contributed by atoms with E-state index in [2.05, 4.69) is 44.0 Å². The molecule has 0 bridgehead atoms. The molecule has 3 nitrogen and oxygen atoms in total. The summed E-state index contributed by atoms with van der Waals surface area (Å²) in [6, 6.07) is 6.45. The van der Waals surface area contributed by atoms with E-state index in [4.69, 9.17) is 16.7 Å². The Hall–Kier alpha value is -0.770. The summed E-state index contributed by atoms with van der Waals surface area (Å²) in [4.78, 5) is 2.31. The fraction of sp³-hybridized carbons (Fsp3) is 0.647. The summed E-state index contributed by atoms with van der Waals surface area (Å²) in [6.07, 6.45) is 0.767. The van der Waals surface area contributed by atoms with Crippen molar-refractivity contribution in [3.8, 4) is 0 Å². The molecule has 2 N–H and O–H groups in total. The summed E-state index contributed by atoms with van der Waals surface area (Å²) in [5.41, 5.74) is 2.42. The zero-order valence-electron chi connectivity index (χ0n) is 13.7. The van der Waals surface area contributed by atoms with E-state index in [0.717, 1.165) is 31.1 Å². The molecule has 0 atom stereocenters. The molecule has 4 heteroatoms. The second-order valence-electron chi connectivity index (χ2n) is 6.16. The molecular formula is C17H29ClN2O. The first-order valence-electron chi connectivity index (χ1n) is 7.82. The van der Waals surface area contributed by atoms with Gasteiger partial charge in [0.05, 0.1) is 0 Å². The van der Waals surface area contributed by atoms with Crippen LogP contribution in [0.1, 0.15) is 39.7 Å². The van der Waals surface area contributed by atoms with E-state index in [1.165, 1.54) is 11.3 Å². The molecule has 1 aromatic rings. The van der Waals surface area contributed by atoms with Crippen molar-refractivity contribution in [3.63, 3.8) is 0 Å². The number of nitrogens with zero attached hydrogens (tertiary/aromatic N) is 1. The average molecular weight is 313 g/mol. The lowest BCUT2D eigenvalue weighted by molar-refractivity contribution is 0.288. The third kappa shape index (κ3) is 6.25. The van der Waals surface area contributed by atoms with Gasteiger partial charge in [-0.3, -0.25) is 0 Å². The van der Waals surface area contributed by atoms with Crippen LogP contribution in [0.3, 0.4) is 0 Å². The van der Waals surface area contributed by atoms with Gasteiger partial charge in [-0.2, -0.15) is 0 Å². The van der Waals surface area contributed by atoms with Crippen LogP contribution in [0.15, 0.2) is 18.2 Å². The summed E-state index contributed by atoms with van der Waals surface area (Å²) in [5, 5.41) is 13.4. The topological polar surface area (TPSA) is 35.5 Å². The summed E-state index contributed by atoms with van der Waals surface area (Å²) >= 11 is 6.19. The molecule has 0 unspecified atom stereocenters. The molecule has 120 valence electrons. The van der Waals surface area contributed by atoms with Crippen LogP contribution in [0.4, 0.5) is 5.69 Å². The van der Waals surface area contributed by atoms with Gasteiger partial charge in [-0.05, 0) is 50.4 Å². The second-order valence-corrected chi connectivity index (χ2v) is 6.60. The lowest BCUT2D eigenvalue weighted by Crippen LogP contribution is -2.33. The summed E-state index contributed by atoms with van der Waals surface area (Å²) < 4.78 is 0. The molecular weight excluding hydrogens is 284 g/mol. The number of aliphatic hydroxyl groups is 1. The minimum Gasteiger partial charge on any atom is -0.396 e. The van der Waals surface area contributed by atoms with Crippen molar-refractivity contribution >= 4 is 17.3 Å². The highest BCUT2D eigenvalue weighted by Crippen LogP contribution is 2.27. The Morgan fingerprint density at radius 3 is 2.52 bits per heavy atom. The van der Waals surface area contributed by atoms with Crippen LogP contribution in [-0.4, -0.2) is 30.8 Å². The zero-order chi connectivity index (χ0) is 15.8. The van der Waals surface area contributed by atoms with E-state index < -0.39 is 0 Å². The summed E-state index contributed by atoms with van der Waals surface area (Å²) in [7, 11) is 0. The molecule has 0 aliphatic heterocycles. The second kappa shape index (κ2) is 9.29. The number of hydrogen-bond donors (Lipinski definition) is 2. The smallest absolute Gasteiger partial charge is 0.0447 e. The standard InChI is InChI=1S/C17H29ClN2O/c1-13(2)11-19-12-15-6-7-16(18)10-17(15)20(14(3)4)8-5-9-21/h6-7,10,13-14,19,21H,5,8-9,11-12H2,1-4H3. The molecule has 0 aliphatic rings. The first-order valence-corrected chi connectivity index (χ1v) is 8.20. The lowest BCUT2D eigenvalue weighted by Gasteiger charge is -2.31. The largest absolute Gasteiger partial charge is 0.396 e. The fourth-order valence-electron chi connectivity index (χ4n) is 2.35. The molecule has 21 heavy (non-hydrogen) atoms. The first-order chi connectivity index (χ1) is 9.95. The molecule has 1 rings (SSSR count). The number of benzene rings is 1. The van der Waals surface area contributed by atoms with Crippen LogP contribution in [0.25, 0.3) is 0 Å². The monoisotopic (exact) mass is 312 g/mol. The Balaban J connectivity index is 2.92. The number of nitrogens with one attached hydrogen (secondary N) is 1. The molecule has 0 radical (unpaired) electrons. The number of hydrogen-bond acceptors (Lipinski definition) is 3. The highest BCUT2D eigenvalue weighted by Gasteiger charge is 2.14. The van der Waals surface area contributed by atoms with Crippen LogP contribution < -0.4 is 10.2 Å². The van der Waals surface area contributed by atoms with Crippen molar-refractivity contribution in [3.05, 3.63) is 28.8 Å². The number of halogens is 1. The molecule has 0 amide bonds. The Morgan fingerprint density at radius 1 is 1.24 bits per heavy atom. The maximum absolute atomic E-state index is 9.11. The Kier molecular flexibility index (Phi) is 8.09. The lowest BCUT2D eigenvalue weighted by atomic mass is 10.1. The van der Waals surface area contributed by atoms with Crippen LogP contribution in [-0.2, 0) is 6.54 Å². The highest BCUT2D eigenvalue weighted by atomic mass is 35.5. The van der Waals surface area contributed by atoms with Crippen LogP contribution in [0.2, 0.25) is 5.02 Å². The molecule has 0 saturated carbocycles. The van der Waals surface area contributed by atoms with Gasteiger partial charge < -0.3 is 15.3 Å². The van der Waals surface area contributed by atoms with Crippen molar-refractivity contribution in [2.24, 2.45) is 5.92 Å². The third-order valence-corrected chi connectivity index (χ3v) is 3.64. The van der Waals surface area contributed by atoms with E-state index in [9.17, 15) is 0 Å². The van der Waals surface area contributed by atoms with Gasteiger partial charge in [0.1, 0.15) is 0 Å². The minimum atomic E-state index is 0.213. The predicted molar refractivity (Wildman–Crippen MR) is 92.2 cm³/mol. The summed E-state index contributed by atoms with van der Waals surface area (Å²) in [6.45, 7) is 11.6. The Bertz CT molecular complexity index is 421. The number of rotatable bonds is 9. The normalized spacial score (nSPS) is 11.4. The quantitative estimate of drug-likeness (QED) is 0.730. The highest BCUT2D eigenvalue weighted by molar-refractivity contribution is 6.30. The molecule has 0 saturated heterocycles. The van der Waals surface area contributed by atoms with E-state index in [1.807, 2.05) is 12.1 Å². The van der Waals surface area contributed by atoms with E-state index >= 15 is 0 Å². The van der Waals surface area contributed by atoms with Gasteiger partial charge in [0.25, 0.3) is 0 Å². The average Bonchev–Trinajstić information content (AvgIpc) is 2.40. The van der Waals surface area contributed by atoms with Crippen molar-refractivity contribution in [2.75, 3.05) is 24.6 Å². The Labute approximate surface area is 134 Å². The number of anilines is 1. The molecule has 0 fully saturated rings. The molecule has 0 aromatic heterocycles. The SMILES string of the molecule is CC(C)CNCc1ccc(Cl)cc1N(CCCO)C(C)C. The van der Waals surface area contributed by atoms with Gasteiger partial charge in [0, 0.05) is 36.4 Å². The molecule has 0 spiro atoms. The van der Waals surface area contributed by atoms with Crippen LogP contribution >= 0.6 is 11.6 Å². The van der Waals surface area contributed by atoms with Crippen molar-refractivity contribution < 1.29 is 5.11 Å². The third-order valence-electron chi connectivity index (χ3n) is 3.41. The van der Waals surface area contributed by atoms with E-state index in [-0.39, 0.29) is 6.61 Å². The molecule has 0 heterocycles. The van der Waals surface area contributed by atoms with Gasteiger partial charge >= 0.3 is 0 Å². The Morgan fingerprint density at radius 2 is 1.95 bits per heavy atom. The van der Waals surface area contributed by atoms with Gasteiger partial charge in [0.15, 0.2) is 0 Å². The zero-order valence-corrected chi connectivity index (χ0v) is 14.5. The number of aliphatic hydroxyl groups excluding tert-OH is 1. The van der Waals surface area contributed by atoms with Crippen LogP contribution in [0, 0.1) is 5.92 Å². The molecule has 1 aromatic carbocycles. The minimum absolute atomic E-state index is 0.213. The predicted octanol–water partition coefficient (Wildman–Crippen LogP) is 3.68. The molecule has 0 aliphatic carbocycles. The maximum atomic E-state index is 9.11.